The summed E-state index contributed by atoms with van der Waals surface area (Å²) in [5.74, 6) is 0.122. The van der Waals surface area contributed by atoms with Crippen LogP contribution in [0.25, 0.3) is 0 Å². The molecule has 34 heavy (non-hydrogen) atoms. The normalized spacial score (nSPS) is 21.8. The van der Waals surface area contributed by atoms with E-state index in [1.807, 2.05) is 0 Å². The number of methoxy groups -OCH3 is 2. The molecule has 9 heteroatoms. The van der Waals surface area contributed by atoms with Crippen molar-refractivity contribution in [2.75, 3.05) is 33.2 Å². The van der Waals surface area contributed by atoms with E-state index in [2.05, 4.69) is 5.32 Å². The molecule has 3 atom stereocenters. The molecule has 1 N–H and O–H groups in total. The molecule has 2 aromatic rings. The van der Waals surface area contributed by atoms with Crippen molar-refractivity contribution in [3.63, 3.8) is 0 Å². The Labute approximate surface area is 197 Å². The molecule has 180 valence electrons. The highest BCUT2D eigenvalue weighted by Gasteiger charge is 2.39. The molecule has 0 aromatic heterocycles. The largest absolute Gasteiger partial charge is 0.497 e. The van der Waals surface area contributed by atoms with Crippen molar-refractivity contribution < 1.29 is 33.3 Å². The number of nitrogens with zero attached hydrogens (tertiary/aromatic N) is 1. The van der Waals surface area contributed by atoms with E-state index in [0.717, 1.165) is 0 Å². The van der Waals surface area contributed by atoms with E-state index in [0.29, 0.717) is 41.2 Å². The summed E-state index contributed by atoms with van der Waals surface area (Å²) in [7, 11) is 4.62. The summed E-state index contributed by atoms with van der Waals surface area (Å²) in [5, 5.41) is 2.83. The molecule has 9 nitrogen and oxygen atoms in total. The van der Waals surface area contributed by atoms with Crippen molar-refractivity contribution in [3.8, 4) is 11.5 Å². The molecule has 2 amide bonds. The summed E-state index contributed by atoms with van der Waals surface area (Å²) >= 11 is 0. The molecule has 1 saturated heterocycles. The van der Waals surface area contributed by atoms with Gasteiger partial charge in [-0.25, -0.2) is 0 Å². The van der Waals surface area contributed by atoms with Gasteiger partial charge in [-0.2, -0.15) is 0 Å². The van der Waals surface area contributed by atoms with Crippen LogP contribution >= 0.6 is 0 Å². The second kappa shape index (κ2) is 10.1. The van der Waals surface area contributed by atoms with Crippen molar-refractivity contribution in [1.29, 1.82) is 0 Å². The minimum absolute atomic E-state index is 0.171. The minimum Gasteiger partial charge on any atom is -0.497 e. The number of likely N-dealkylation sites (N-methyl/N-ethyl adjacent to an activating group) is 1. The first-order valence-electron chi connectivity index (χ1n) is 11.1. The maximum absolute atomic E-state index is 13.3. The molecular weight excluding hydrogens is 440 g/mol. The Morgan fingerprint density at radius 1 is 1.15 bits per heavy atom. The highest BCUT2D eigenvalue weighted by molar-refractivity contribution is 6.05. The molecule has 1 fully saturated rings. The van der Waals surface area contributed by atoms with Crippen LogP contribution in [0.2, 0.25) is 0 Å². The summed E-state index contributed by atoms with van der Waals surface area (Å²) in [4.78, 5) is 39.3. The number of carbonyl (C=O) groups excluding carboxylic acids is 3. The Balaban J connectivity index is 1.51. The van der Waals surface area contributed by atoms with Crippen molar-refractivity contribution in [1.82, 2.24) is 4.90 Å². The van der Waals surface area contributed by atoms with Gasteiger partial charge in [0, 0.05) is 18.3 Å². The van der Waals surface area contributed by atoms with Gasteiger partial charge in [0.2, 0.25) is 0 Å². The second-order valence-electron chi connectivity index (χ2n) is 8.35. The van der Waals surface area contributed by atoms with Gasteiger partial charge in [0.15, 0.2) is 0 Å². The van der Waals surface area contributed by atoms with Gasteiger partial charge in [-0.3, -0.25) is 14.4 Å². The van der Waals surface area contributed by atoms with Gasteiger partial charge in [-0.05, 0) is 49.2 Å². The van der Waals surface area contributed by atoms with Crippen LogP contribution in [0.5, 0.6) is 11.5 Å². The average molecular weight is 469 g/mol. The maximum Gasteiger partial charge on any atom is 0.308 e. The SMILES string of the molecule is COC(=O)C[C@H]1CC[C@H]2[C@@H](COc3ccc(NC(=O)c4cccc(OC)c4)cc3C(=O)N2C)O1. The summed E-state index contributed by atoms with van der Waals surface area (Å²) in [5.41, 5.74) is 1.28. The van der Waals surface area contributed by atoms with E-state index in [1.165, 1.54) is 14.2 Å². The molecule has 0 saturated carbocycles. The zero-order valence-corrected chi connectivity index (χ0v) is 19.4. The first-order chi connectivity index (χ1) is 16.4. The lowest BCUT2D eigenvalue weighted by Crippen LogP contribution is -2.53. The van der Waals surface area contributed by atoms with Crippen LogP contribution in [-0.2, 0) is 14.3 Å². The third-order valence-electron chi connectivity index (χ3n) is 6.22. The molecule has 2 heterocycles. The molecule has 0 unspecified atom stereocenters. The lowest BCUT2D eigenvalue weighted by Gasteiger charge is -2.42. The molecule has 2 aromatic carbocycles. The average Bonchev–Trinajstić information content (AvgIpc) is 2.86. The minimum atomic E-state index is -0.363. The monoisotopic (exact) mass is 468 g/mol. The molecule has 0 bridgehead atoms. The third kappa shape index (κ3) is 4.99. The molecule has 0 aliphatic carbocycles. The number of rotatable bonds is 5. The Bertz CT molecular complexity index is 1090. The van der Waals surface area contributed by atoms with Crippen molar-refractivity contribution in [2.45, 2.75) is 37.5 Å². The zero-order valence-electron chi connectivity index (χ0n) is 19.4. The van der Waals surface area contributed by atoms with Gasteiger partial charge in [0.05, 0.1) is 38.3 Å². The summed E-state index contributed by atoms with van der Waals surface area (Å²) in [6, 6.07) is 11.6. The fourth-order valence-electron chi connectivity index (χ4n) is 4.34. The van der Waals surface area contributed by atoms with Crippen LogP contribution in [0.4, 0.5) is 5.69 Å². The first kappa shape index (κ1) is 23.6. The van der Waals surface area contributed by atoms with Gasteiger partial charge in [-0.1, -0.05) is 6.07 Å². The Morgan fingerprint density at radius 3 is 2.74 bits per heavy atom. The van der Waals surface area contributed by atoms with Gasteiger partial charge >= 0.3 is 5.97 Å². The van der Waals surface area contributed by atoms with Crippen LogP contribution in [-0.4, -0.2) is 68.8 Å². The fraction of sp³-hybridized carbons (Fsp3) is 0.400. The van der Waals surface area contributed by atoms with Gasteiger partial charge in [-0.15, -0.1) is 0 Å². The van der Waals surface area contributed by atoms with Gasteiger partial charge in [0.1, 0.15) is 24.2 Å². The summed E-state index contributed by atoms with van der Waals surface area (Å²) in [6.07, 6.45) is 0.855. The highest BCUT2D eigenvalue weighted by Crippen LogP contribution is 2.32. The van der Waals surface area contributed by atoms with E-state index in [1.54, 1.807) is 54.4 Å². The second-order valence-corrected chi connectivity index (χ2v) is 8.35. The maximum atomic E-state index is 13.3. The number of fused-ring (bicyclic) bond motifs is 2. The van der Waals surface area contributed by atoms with Gasteiger partial charge < -0.3 is 29.2 Å². The van der Waals surface area contributed by atoms with Crippen LogP contribution in [0.15, 0.2) is 42.5 Å². The Kier molecular flexibility index (Phi) is 7.02. The van der Waals surface area contributed by atoms with Gasteiger partial charge in [0.25, 0.3) is 11.8 Å². The number of hydrogen-bond acceptors (Lipinski definition) is 7. The van der Waals surface area contributed by atoms with Crippen molar-refractivity contribution >= 4 is 23.5 Å². The van der Waals surface area contributed by atoms with E-state index >= 15 is 0 Å². The quantitative estimate of drug-likeness (QED) is 0.673. The van der Waals surface area contributed by atoms with Crippen LogP contribution in [0.3, 0.4) is 0 Å². The van der Waals surface area contributed by atoms with Crippen LogP contribution < -0.4 is 14.8 Å². The number of esters is 1. The number of benzene rings is 2. The lowest BCUT2D eigenvalue weighted by atomic mass is 9.94. The lowest BCUT2D eigenvalue weighted by molar-refractivity contribution is -0.151. The predicted molar refractivity (Wildman–Crippen MR) is 123 cm³/mol. The fourth-order valence-corrected chi connectivity index (χ4v) is 4.34. The first-order valence-corrected chi connectivity index (χ1v) is 11.1. The third-order valence-corrected chi connectivity index (χ3v) is 6.22. The highest BCUT2D eigenvalue weighted by atomic mass is 16.6. The summed E-state index contributed by atoms with van der Waals surface area (Å²) in [6.45, 7) is 0.239. The predicted octanol–water partition coefficient (Wildman–Crippen LogP) is 2.89. The van der Waals surface area contributed by atoms with E-state index < -0.39 is 0 Å². The number of hydrogen-bond donors (Lipinski definition) is 1. The molecule has 0 spiro atoms. The molecule has 2 aliphatic rings. The molecule has 2 aliphatic heterocycles. The van der Waals surface area contributed by atoms with E-state index in [-0.39, 0.29) is 49.1 Å². The van der Waals surface area contributed by atoms with Crippen LogP contribution in [0, 0.1) is 0 Å². The van der Waals surface area contributed by atoms with E-state index in [9.17, 15) is 14.4 Å². The molecular formula is C25H28N2O7. The number of carbonyl (C=O) groups is 3. The number of anilines is 1. The number of ether oxygens (including phenoxy) is 4. The topological polar surface area (TPSA) is 103 Å². The standard InChI is InChI=1S/C25H28N2O7/c1-27-20-9-8-18(13-23(28)32-3)34-22(20)14-33-21-10-7-16(12-19(21)25(27)30)26-24(29)15-5-4-6-17(11-15)31-2/h4-7,10-12,18,20,22H,8-9,13-14H2,1-3H3,(H,26,29)/t18-,20+,22-/m1/s1. The van der Waals surface area contributed by atoms with Crippen molar-refractivity contribution in [2.24, 2.45) is 0 Å². The Hall–Kier alpha value is -3.59. The molecule has 0 radical (unpaired) electrons. The van der Waals surface area contributed by atoms with Crippen molar-refractivity contribution in [3.05, 3.63) is 53.6 Å². The Morgan fingerprint density at radius 2 is 1.97 bits per heavy atom. The summed E-state index contributed by atoms with van der Waals surface area (Å²) < 4.78 is 22.0. The smallest absolute Gasteiger partial charge is 0.308 e. The molecule has 4 rings (SSSR count). The zero-order chi connectivity index (χ0) is 24.2. The van der Waals surface area contributed by atoms with Crippen LogP contribution in [0.1, 0.15) is 40.0 Å². The number of amides is 2. The van der Waals surface area contributed by atoms with E-state index in [4.69, 9.17) is 18.9 Å². The number of nitrogens with one attached hydrogen (secondary N) is 1.